The number of anilines is 1. The summed E-state index contributed by atoms with van der Waals surface area (Å²) in [7, 11) is 1.21. The number of esters is 1. The van der Waals surface area contributed by atoms with Crippen molar-refractivity contribution in [1.29, 1.82) is 0 Å². The van der Waals surface area contributed by atoms with Crippen LogP contribution in [-0.2, 0) is 32.1 Å². The van der Waals surface area contributed by atoms with Gasteiger partial charge in [-0.05, 0) is 48.6 Å². The van der Waals surface area contributed by atoms with Crippen LogP contribution in [0.25, 0.3) is 0 Å². The van der Waals surface area contributed by atoms with Crippen LogP contribution in [0.3, 0.4) is 0 Å². The Morgan fingerprint density at radius 2 is 1.71 bits per heavy atom. The van der Waals surface area contributed by atoms with Gasteiger partial charge in [0.25, 0.3) is 5.91 Å². The van der Waals surface area contributed by atoms with E-state index in [1.165, 1.54) is 12.7 Å². The minimum Gasteiger partial charge on any atom is -0.466 e. The summed E-state index contributed by atoms with van der Waals surface area (Å²) in [6, 6.07) is 14.7. The second-order valence-corrected chi connectivity index (χ2v) is 7.95. The molecule has 8 nitrogen and oxygen atoms in total. The molecule has 2 aromatic rings. The Bertz CT molecular complexity index is 978. The molecule has 34 heavy (non-hydrogen) atoms. The second kappa shape index (κ2) is 14.7. The maximum Gasteiger partial charge on any atom is 0.411 e. The average molecular weight is 489 g/mol. The fraction of sp³-hybridized carbons (Fsp3) is 0.320. The predicted octanol–water partition coefficient (Wildman–Crippen LogP) is 5.14. The van der Waals surface area contributed by atoms with E-state index in [0.717, 1.165) is 43.4 Å². The summed E-state index contributed by atoms with van der Waals surface area (Å²) in [6.07, 6.45) is 5.74. The van der Waals surface area contributed by atoms with Crippen molar-refractivity contribution in [2.75, 3.05) is 19.0 Å². The van der Waals surface area contributed by atoms with Gasteiger partial charge in [-0.25, -0.2) is 14.7 Å². The van der Waals surface area contributed by atoms with Crippen LogP contribution in [0, 0.1) is 0 Å². The van der Waals surface area contributed by atoms with Gasteiger partial charge < -0.3 is 9.47 Å². The summed E-state index contributed by atoms with van der Waals surface area (Å²) in [5.74, 6) is -1.31. The van der Waals surface area contributed by atoms with Crippen molar-refractivity contribution in [2.45, 2.75) is 38.7 Å². The molecule has 0 heterocycles. The molecule has 0 aliphatic carbocycles. The van der Waals surface area contributed by atoms with Gasteiger partial charge in [-0.1, -0.05) is 54.8 Å². The zero-order valence-corrected chi connectivity index (χ0v) is 19.8. The third-order valence-corrected chi connectivity index (χ3v) is 5.10. The van der Waals surface area contributed by atoms with Crippen molar-refractivity contribution >= 4 is 35.3 Å². The molecule has 0 radical (unpaired) electrons. The highest BCUT2D eigenvalue weighted by molar-refractivity contribution is 6.30. The number of ether oxygens (including phenoxy) is 2. The van der Waals surface area contributed by atoms with E-state index >= 15 is 0 Å². The van der Waals surface area contributed by atoms with Crippen LogP contribution in [-0.4, -0.2) is 41.9 Å². The standard InChI is InChI=1S/C25H29ClN2O6/c1-33-24(30)15-14-23(29)28(32)16-5-3-2-4-7-19-10-12-20(13-11-19)18-34-25(31)27-22-9-6-8-21(26)17-22/h6,8-15,17,32H,2-5,7,16,18H2,1H3,(H,27,31)/b15-14+. The minimum absolute atomic E-state index is 0.165. The lowest BCUT2D eigenvalue weighted by molar-refractivity contribution is -0.159. The average Bonchev–Trinajstić information content (AvgIpc) is 2.83. The topological polar surface area (TPSA) is 105 Å². The fourth-order valence-corrected chi connectivity index (χ4v) is 3.21. The number of amides is 2. The van der Waals surface area contributed by atoms with Crippen molar-refractivity contribution < 1.29 is 29.1 Å². The Morgan fingerprint density at radius 3 is 2.41 bits per heavy atom. The van der Waals surface area contributed by atoms with E-state index in [1.807, 2.05) is 24.3 Å². The molecule has 0 unspecified atom stereocenters. The first-order chi connectivity index (χ1) is 16.4. The smallest absolute Gasteiger partial charge is 0.411 e. The number of halogens is 1. The highest BCUT2D eigenvalue weighted by Crippen LogP contribution is 2.15. The number of hydrogen-bond acceptors (Lipinski definition) is 6. The van der Waals surface area contributed by atoms with Crippen LogP contribution in [0.2, 0.25) is 5.02 Å². The highest BCUT2D eigenvalue weighted by atomic mass is 35.5. The Labute approximate surface area is 204 Å². The quantitative estimate of drug-likeness (QED) is 0.141. The van der Waals surface area contributed by atoms with Gasteiger partial charge in [-0.2, -0.15) is 0 Å². The summed E-state index contributed by atoms with van der Waals surface area (Å²) in [5, 5.41) is 13.4. The minimum atomic E-state index is -0.656. The molecule has 0 saturated carbocycles. The summed E-state index contributed by atoms with van der Waals surface area (Å²) >= 11 is 5.89. The number of unbranched alkanes of at least 4 members (excludes halogenated alkanes) is 3. The maximum atomic E-state index is 11.9. The van der Waals surface area contributed by atoms with Gasteiger partial charge in [0, 0.05) is 29.4 Å². The van der Waals surface area contributed by atoms with Gasteiger partial charge in [0.1, 0.15) is 6.61 Å². The number of rotatable bonds is 12. The normalized spacial score (nSPS) is 10.7. The van der Waals surface area contributed by atoms with E-state index in [4.69, 9.17) is 16.3 Å². The molecular weight excluding hydrogens is 460 g/mol. The molecule has 0 aliphatic heterocycles. The van der Waals surface area contributed by atoms with Crippen LogP contribution >= 0.6 is 11.6 Å². The van der Waals surface area contributed by atoms with Crippen LogP contribution in [0.15, 0.2) is 60.7 Å². The lowest BCUT2D eigenvalue weighted by atomic mass is 10.0. The first-order valence-electron chi connectivity index (χ1n) is 10.9. The van der Waals surface area contributed by atoms with Crippen molar-refractivity contribution in [3.63, 3.8) is 0 Å². The highest BCUT2D eigenvalue weighted by Gasteiger charge is 2.08. The summed E-state index contributed by atoms with van der Waals surface area (Å²) in [5.41, 5.74) is 2.64. The number of nitrogens with zero attached hydrogens (tertiary/aromatic N) is 1. The van der Waals surface area contributed by atoms with Gasteiger partial charge in [-0.3, -0.25) is 15.3 Å². The molecule has 2 amide bonds. The number of carbonyl (C=O) groups excluding carboxylic acids is 3. The van der Waals surface area contributed by atoms with E-state index in [2.05, 4.69) is 10.1 Å². The zero-order valence-electron chi connectivity index (χ0n) is 19.0. The third kappa shape index (κ3) is 10.5. The van der Waals surface area contributed by atoms with Gasteiger partial charge in [0.2, 0.25) is 0 Å². The van der Waals surface area contributed by atoms with Crippen molar-refractivity contribution in [2.24, 2.45) is 0 Å². The van der Waals surface area contributed by atoms with E-state index in [-0.39, 0.29) is 13.2 Å². The first-order valence-corrected chi connectivity index (χ1v) is 11.3. The van der Waals surface area contributed by atoms with Crippen molar-refractivity contribution in [3.05, 3.63) is 76.8 Å². The Kier molecular flexibility index (Phi) is 11.6. The molecule has 0 fully saturated rings. The van der Waals surface area contributed by atoms with Crippen LogP contribution < -0.4 is 5.32 Å². The molecule has 0 saturated heterocycles. The Balaban J connectivity index is 1.59. The molecular formula is C25H29ClN2O6. The molecule has 2 N–H and O–H groups in total. The van der Waals surface area contributed by atoms with Crippen molar-refractivity contribution in [3.8, 4) is 0 Å². The van der Waals surface area contributed by atoms with Gasteiger partial charge >= 0.3 is 12.1 Å². The van der Waals surface area contributed by atoms with Crippen LogP contribution in [0.5, 0.6) is 0 Å². The molecule has 0 bridgehead atoms. The zero-order chi connectivity index (χ0) is 24.8. The molecule has 0 aliphatic rings. The number of benzene rings is 2. The summed E-state index contributed by atoms with van der Waals surface area (Å²) in [4.78, 5) is 34.5. The molecule has 2 aromatic carbocycles. The molecule has 9 heteroatoms. The summed E-state index contributed by atoms with van der Waals surface area (Å²) in [6.45, 7) is 0.363. The number of hydroxylamine groups is 2. The SMILES string of the molecule is COC(=O)/C=C/C(=O)N(O)CCCCCCc1ccc(COC(=O)Nc2cccc(Cl)c2)cc1. The van der Waals surface area contributed by atoms with E-state index in [1.54, 1.807) is 24.3 Å². The summed E-state index contributed by atoms with van der Waals surface area (Å²) < 4.78 is 9.63. The molecule has 2 rings (SSSR count). The molecule has 0 spiro atoms. The third-order valence-electron chi connectivity index (χ3n) is 4.87. The van der Waals surface area contributed by atoms with Crippen molar-refractivity contribution in [1.82, 2.24) is 5.06 Å². The number of carbonyl (C=O) groups is 3. The predicted molar refractivity (Wildman–Crippen MR) is 129 cm³/mol. The van der Waals surface area contributed by atoms with Gasteiger partial charge in [0.05, 0.1) is 7.11 Å². The molecule has 0 atom stereocenters. The van der Waals surface area contributed by atoms with Gasteiger partial charge in [-0.15, -0.1) is 0 Å². The fourth-order valence-electron chi connectivity index (χ4n) is 3.02. The number of methoxy groups -OCH3 is 1. The Hall–Kier alpha value is -3.36. The monoisotopic (exact) mass is 488 g/mol. The first kappa shape index (κ1) is 26.9. The lowest BCUT2D eigenvalue weighted by Gasteiger charge is -2.12. The largest absolute Gasteiger partial charge is 0.466 e. The van der Waals surface area contributed by atoms with E-state index < -0.39 is 18.0 Å². The van der Waals surface area contributed by atoms with Gasteiger partial charge in [0.15, 0.2) is 0 Å². The lowest BCUT2D eigenvalue weighted by Crippen LogP contribution is -2.26. The second-order valence-electron chi connectivity index (χ2n) is 7.51. The van der Waals surface area contributed by atoms with E-state index in [0.29, 0.717) is 22.2 Å². The number of nitrogens with one attached hydrogen (secondary N) is 1. The van der Waals surface area contributed by atoms with E-state index in [9.17, 15) is 19.6 Å². The number of hydrogen-bond donors (Lipinski definition) is 2. The molecule has 182 valence electrons. The Morgan fingerprint density at radius 1 is 1.00 bits per heavy atom. The molecule has 0 aromatic heterocycles. The number of aryl methyl sites for hydroxylation is 1. The van der Waals surface area contributed by atoms with Crippen LogP contribution in [0.1, 0.15) is 36.8 Å². The van der Waals surface area contributed by atoms with Crippen LogP contribution in [0.4, 0.5) is 10.5 Å². The maximum absolute atomic E-state index is 11.9.